The first kappa shape index (κ1) is 12.4. The fourth-order valence-corrected chi connectivity index (χ4v) is 2.21. The molecule has 0 aromatic heterocycles. The van der Waals surface area contributed by atoms with Crippen molar-refractivity contribution < 1.29 is 0 Å². The van der Waals surface area contributed by atoms with Crippen LogP contribution < -0.4 is 0 Å². The molecule has 1 aliphatic heterocycles. The van der Waals surface area contributed by atoms with Gasteiger partial charge in [-0.15, -0.1) is 0 Å². The van der Waals surface area contributed by atoms with E-state index in [1.807, 2.05) is 0 Å². The van der Waals surface area contributed by atoms with Crippen LogP contribution in [0.15, 0.2) is 23.4 Å². The Morgan fingerprint density at radius 2 is 1.80 bits per heavy atom. The van der Waals surface area contributed by atoms with Crippen molar-refractivity contribution in [3.63, 3.8) is 0 Å². The molecule has 0 aliphatic carbocycles. The zero-order chi connectivity index (χ0) is 11.6. The summed E-state index contributed by atoms with van der Waals surface area (Å²) in [5.41, 5.74) is 4.36. The highest BCUT2D eigenvalue weighted by molar-refractivity contribution is 5.30. The minimum absolute atomic E-state index is 0.243. The highest BCUT2D eigenvalue weighted by Crippen LogP contribution is 2.31. The van der Waals surface area contributed by atoms with E-state index in [0.29, 0.717) is 0 Å². The zero-order valence-corrected chi connectivity index (χ0v) is 11.0. The summed E-state index contributed by atoms with van der Waals surface area (Å²) in [5, 5.41) is 0. The van der Waals surface area contributed by atoms with Gasteiger partial charge in [-0.25, -0.2) is 0 Å². The first-order chi connectivity index (χ1) is 6.84. The summed E-state index contributed by atoms with van der Waals surface area (Å²) in [7, 11) is 0. The number of likely N-dealkylation sites (tertiary alicyclic amines) is 1. The molecule has 0 aromatic rings. The molecule has 1 aliphatic rings. The number of nitrogens with zero attached hydrogens (tertiary/aromatic N) is 1. The van der Waals surface area contributed by atoms with Crippen molar-refractivity contribution >= 4 is 0 Å². The lowest BCUT2D eigenvalue weighted by Crippen LogP contribution is -2.43. The first-order valence-electron chi connectivity index (χ1n) is 5.97. The maximum Gasteiger partial charge on any atom is 0.0315 e. The van der Waals surface area contributed by atoms with Gasteiger partial charge in [0.25, 0.3) is 0 Å². The van der Waals surface area contributed by atoms with Gasteiger partial charge in [0.1, 0.15) is 0 Å². The van der Waals surface area contributed by atoms with E-state index < -0.39 is 0 Å². The van der Waals surface area contributed by atoms with Gasteiger partial charge in [-0.3, -0.25) is 0 Å². The SMILES string of the molecule is C=C(C)/C(C)=C1/CCCCN1C(C)(C)C. The molecule has 1 rings (SSSR count). The molecule has 0 saturated carbocycles. The van der Waals surface area contributed by atoms with Crippen LogP contribution in [-0.2, 0) is 0 Å². The average molecular weight is 207 g/mol. The fourth-order valence-electron chi connectivity index (χ4n) is 2.21. The quantitative estimate of drug-likeness (QED) is 0.625. The fraction of sp³-hybridized carbons (Fsp3) is 0.714. The van der Waals surface area contributed by atoms with Crippen molar-refractivity contribution in [3.8, 4) is 0 Å². The largest absolute Gasteiger partial charge is 0.370 e. The van der Waals surface area contributed by atoms with Crippen LogP contribution in [-0.4, -0.2) is 17.0 Å². The monoisotopic (exact) mass is 207 g/mol. The number of piperidine rings is 1. The predicted octanol–water partition coefficient (Wildman–Crippen LogP) is 4.12. The van der Waals surface area contributed by atoms with Crippen molar-refractivity contribution in [2.75, 3.05) is 6.54 Å². The third-order valence-corrected chi connectivity index (χ3v) is 3.25. The number of rotatable bonds is 1. The topological polar surface area (TPSA) is 3.24 Å². The number of hydrogen-bond donors (Lipinski definition) is 0. The molecule has 0 N–H and O–H groups in total. The summed E-state index contributed by atoms with van der Waals surface area (Å²) in [4.78, 5) is 2.56. The molecule has 0 atom stereocenters. The van der Waals surface area contributed by atoms with Gasteiger partial charge < -0.3 is 4.90 Å². The molecule has 1 fully saturated rings. The van der Waals surface area contributed by atoms with Gasteiger partial charge in [0, 0.05) is 17.8 Å². The van der Waals surface area contributed by atoms with E-state index >= 15 is 0 Å². The van der Waals surface area contributed by atoms with Gasteiger partial charge in [-0.2, -0.15) is 0 Å². The van der Waals surface area contributed by atoms with Gasteiger partial charge in [0.2, 0.25) is 0 Å². The highest BCUT2D eigenvalue weighted by Gasteiger charge is 2.26. The second-order valence-electron chi connectivity index (χ2n) is 5.63. The van der Waals surface area contributed by atoms with E-state index in [-0.39, 0.29) is 5.54 Å². The maximum atomic E-state index is 4.06. The minimum atomic E-state index is 0.243. The summed E-state index contributed by atoms with van der Waals surface area (Å²) in [5.74, 6) is 0. The zero-order valence-electron chi connectivity index (χ0n) is 11.0. The van der Waals surface area contributed by atoms with Crippen molar-refractivity contribution in [3.05, 3.63) is 23.4 Å². The highest BCUT2D eigenvalue weighted by atomic mass is 15.2. The van der Waals surface area contributed by atoms with E-state index in [1.165, 1.54) is 42.7 Å². The molecule has 86 valence electrons. The Balaban J connectivity index is 3.03. The van der Waals surface area contributed by atoms with Crippen LogP contribution in [0.5, 0.6) is 0 Å². The van der Waals surface area contributed by atoms with Crippen LogP contribution in [0, 0.1) is 0 Å². The Bertz CT molecular complexity index is 278. The van der Waals surface area contributed by atoms with Crippen LogP contribution in [0.1, 0.15) is 53.9 Å². The second kappa shape index (κ2) is 4.42. The van der Waals surface area contributed by atoms with Gasteiger partial charge >= 0.3 is 0 Å². The lowest BCUT2D eigenvalue weighted by molar-refractivity contribution is 0.155. The van der Waals surface area contributed by atoms with Gasteiger partial charge in [-0.05, 0) is 59.5 Å². The molecular weight excluding hydrogens is 182 g/mol. The van der Waals surface area contributed by atoms with Crippen molar-refractivity contribution in [2.45, 2.75) is 59.4 Å². The third kappa shape index (κ3) is 2.87. The lowest BCUT2D eigenvalue weighted by atomic mass is 9.94. The van der Waals surface area contributed by atoms with E-state index in [1.54, 1.807) is 0 Å². The van der Waals surface area contributed by atoms with Crippen LogP contribution in [0.2, 0.25) is 0 Å². The van der Waals surface area contributed by atoms with Gasteiger partial charge in [-0.1, -0.05) is 12.2 Å². The Labute approximate surface area is 94.9 Å². The van der Waals surface area contributed by atoms with Crippen LogP contribution in [0.4, 0.5) is 0 Å². The Morgan fingerprint density at radius 1 is 1.20 bits per heavy atom. The maximum absolute atomic E-state index is 4.06. The number of hydrogen-bond acceptors (Lipinski definition) is 1. The molecule has 0 radical (unpaired) electrons. The van der Waals surface area contributed by atoms with E-state index in [0.717, 1.165) is 0 Å². The van der Waals surface area contributed by atoms with Crippen molar-refractivity contribution in [1.29, 1.82) is 0 Å². The molecule has 1 heteroatoms. The van der Waals surface area contributed by atoms with Crippen LogP contribution in [0.25, 0.3) is 0 Å². The average Bonchev–Trinajstić information content (AvgIpc) is 2.15. The molecule has 15 heavy (non-hydrogen) atoms. The smallest absolute Gasteiger partial charge is 0.0315 e. The minimum Gasteiger partial charge on any atom is -0.370 e. The Kier molecular flexibility index (Phi) is 3.64. The predicted molar refractivity (Wildman–Crippen MR) is 67.8 cm³/mol. The molecule has 0 spiro atoms. The van der Waals surface area contributed by atoms with Crippen molar-refractivity contribution in [2.24, 2.45) is 0 Å². The summed E-state index contributed by atoms with van der Waals surface area (Å²) in [6, 6.07) is 0. The van der Waals surface area contributed by atoms with Crippen molar-refractivity contribution in [1.82, 2.24) is 4.90 Å². The van der Waals surface area contributed by atoms with E-state index in [4.69, 9.17) is 0 Å². The summed E-state index contributed by atoms with van der Waals surface area (Å²) < 4.78 is 0. The Hall–Kier alpha value is -0.720. The van der Waals surface area contributed by atoms with E-state index in [9.17, 15) is 0 Å². The molecule has 1 nitrogen and oxygen atoms in total. The summed E-state index contributed by atoms with van der Waals surface area (Å²) in [6.07, 6.45) is 3.87. The van der Waals surface area contributed by atoms with Gasteiger partial charge in [0.05, 0.1) is 0 Å². The van der Waals surface area contributed by atoms with E-state index in [2.05, 4.69) is 46.1 Å². The first-order valence-corrected chi connectivity index (χ1v) is 5.97. The molecule has 0 unspecified atom stereocenters. The third-order valence-electron chi connectivity index (χ3n) is 3.25. The second-order valence-corrected chi connectivity index (χ2v) is 5.63. The Morgan fingerprint density at radius 3 is 2.27 bits per heavy atom. The molecule has 1 saturated heterocycles. The molecular formula is C14H25N. The van der Waals surface area contributed by atoms with Crippen LogP contribution >= 0.6 is 0 Å². The number of allylic oxidation sites excluding steroid dienone is 3. The molecule has 0 aromatic carbocycles. The van der Waals surface area contributed by atoms with Gasteiger partial charge in [0.15, 0.2) is 0 Å². The summed E-state index contributed by atoms with van der Waals surface area (Å²) >= 11 is 0. The lowest BCUT2D eigenvalue weighted by Gasteiger charge is -2.43. The standard InChI is InChI=1S/C14H25N/c1-11(2)12(3)13-9-7-8-10-15(13)14(4,5)6/h1,7-10H2,2-6H3/b13-12-. The molecule has 0 bridgehead atoms. The normalized spacial score (nSPS) is 21.5. The molecule has 0 amide bonds. The van der Waals surface area contributed by atoms with Crippen LogP contribution in [0.3, 0.4) is 0 Å². The summed E-state index contributed by atoms with van der Waals surface area (Å²) in [6.45, 7) is 16.5. The molecule has 1 heterocycles.